The molecule has 3 rings (SSSR count). The molecule has 0 bridgehead atoms. The van der Waals surface area contributed by atoms with Crippen molar-refractivity contribution in [3.8, 4) is 0 Å². The molecule has 0 radical (unpaired) electrons. The van der Waals surface area contributed by atoms with Gasteiger partial charge >= 0.3 is 0 Å². The molecule has 0 saturated carbocycles. The first-order chi connectivity index (χ1) is 10.2. The van der Waals surface area contributed by atoms with Gasteiger partial charge in [0.05, 0.1) is 12.0 Å². The van der Waals surface area contributed by atoms with Gasteiger partial charge in [-0.3, -0.25) is 0 Å². The largest absolute Gasteiger partial charge is 0.354 e. The van der Waals surface area contributed by atoms with Crippen LogP contribution in [0.1, 0.15) is 6.92 Å². The van der Waals surface area contributed by atoms with Crippen LogP contribution in [0.2, 0.25) is 0 Å². The van der Waals surface area contributed by atoms with E-state index in [1.165, 1.54) is 12.1 Å². The number of aromatic nitrogens is 4. The zero-order valence-electron chi connectivity index (χ0n) is 11.1. The van der Waals surface area contributed by atoms with E-state index in [1.54, 1.807) is 12.4 Å². The van der Waals surface area contributed by atoms with Crippen LogP contribution in [0.15, 0.2) is 29.0 Å². The summed E-state index contributed by atoms with van der Waals surface area (Å²) >= 11 is 3.38. The van der Waals surface area contributed by atoms with Gasteiger partial charge in [-0.05, 0) is 41.1 Å². The standard InChI is InChI=1S/C13H12BrFN6/c1-2-16-13-20-11-10(17-6-18-11)12(21-13)19-9-5-7(15)3-4-8(9)14/h3-6H,2H2,1H3,(H3,16,17,18,19,20,21). The summed E-state index contributed by atoms with van der Waals surface area (Å²) in [6, 6.07) is 4.40. The van der Waals surface area contributed by atoms with Gasteiger partial charge in [0, 0.05) is 11.0 Å². The molecule has 0 spiro atoms. The summed E-state index contributed by atoms with van der Waals surface area (Å²) in [7, 11) is 0. The van der Waals surface area contributed by atoms with Gasteiger partial charge in [0.1, 0.15) is 11.3 Å². The number of nitrogens with one attached hydrogen (secondary N) is 3. The van der Waals surface area contributed by atoms with Crippen LogP contribution in [-0.2, 0) is 0 Å². The van der Waals surface area contributed by atoms with E-state index in [1.807, 2.05) is 6.92 Å². The maximum absolute atomic E-state index is 13.4. The molecule has 1 aromatic carbocycles. The first-order valence-electron chi connectivity index (χ1n) is 6.34. The number of halogens is 2. The average molecular weight is 351 g/mol. The highest BCUT2D eigenvalue weighted by Gasteiger charge is 2.11. The van der Waals surface area contributed by atoms with Crippen LogP contribution in [0, 0.1) is 5.82 Å². The second-order valence-electron chi connectivity index (χ2n) is 4.28. The van der Waals surface area contributed by atoms with Crippen molar-refractivity contribution in [3.05, 3.63) is 34.8 Å². The first kappa shape index (κ1) is 13.7. The second kappa shape index (κ2) is 5.65. The molecule has 3 N–H and O–H groups in total. The molecular formula is C13H12BrFN6. The van der Waals surface area contributed by atoms with Crippen molar-refractivity contribution in [2.75, 3.05) is 17.2 Å². The molecule has 8 heteroatoms. The molecule has 2 aromatic heterocycles. The summed E-state index contributed by atoms with van der Waals surface area (Å²) in [5, 5.41) is 6.13. The molecule has 3 aromatic rings. The number of hydrogen-bond donors (Lipinski definition) is 3. The van der Waals surface area contributed by atoms with Crippen LogP contribution in [0.25, 0.3) is 11.2 Å². The van der Waals surface area contributed by atoms with Crippen LogP contribution >= 0.6 is 15.9 Å². The van der Waals surface area contributed by atoms with Crippen LogP contribution < -0.4 is 10.6 Å². The zero-order chi connectivity index (χ0) is 14.8. The van der Waals surface area contributed by atoms with E-state index >= 15 is 0 Å². The Morgan fingerprint density at radius 1 is 1.33 bits per heavy atom. The van der Waals surface area contributed by atoms with Crippen LogP contribution in [-0.4, -0.2) is 26.5 Å². The molecule has 0 unspecified atom stereocenters. The smallest absolute Gasteiger partial charge is 0.226 e. The minimum absolute atomic E-state index is 0.331. The van der Waals surface area contributed by atoms with Crippen LogP contribution in [0.5, 0.6) is 0 Å². The minimum atomic E-state index is -0.331. The second-order valence-corrected chi connectivity index (χ2v) is 5.13. The summed E-state index contributed by atoms with van der Waals surface area (Å²) in [6.07, 6.45) is 1.54. The van der Waals surface area contributed by atoms with Crippen molar-refractivity contribution in [2.45, 2.75) is 6.92 Å². The molecule has 21 heavy (non-hydrogen) atoms. The molecule has 0 saturated heterocycles. The van der Waals surface area contributed by atoms with Crippen LogP contribution in [0.3, 0.4) is 0 Å². The third kappa shape index (κ3) is 2.80. The summed E-state index contributed by atoms with van der Waals surface area (Å²) in [4.78, 5) is 15.8. The van der Waals surface area contributed by atoms with Crippen molar-refractivity contribution < 1.29 is 4.39 Å². The van der Waals surface area contributed by atoms with Gasteiger partial charge in [0.15, 0.2) is 11.5 Å². The van der Waals surface area contributed by atoms with Gasteiger partial charge in [0.2, 0.25) is 5.95 Å². The third-order valence-corrected chi connectivity index (χ3v) is 3.49. The molecule has 6 nitrogen and oxygen atoms in total. The lowest BCUT2D eigenvalue weighted by Crippen LogP contribution is -2.05. The summed E-state index contributed by atoms with van der Waals surface area (Å²) in [6.45, 7) is 2.65. The molecule has 0 fully saturated rings. The highest BCUT2D eigenvalue weighted by Crippen LogP contribution is 2.28. The number of imidazole rings is 1. The minimum Gasteiger partial charge on any atom is -0.354 e. The number of fused-ring (bicyclic) bond motifs is 1. The van der Waals surface area contributed by atoms with E-state index in [4.69, 9.17) is 0 Å². The number of rotatable bonds is 4. The monoisotopic (exact) mass is 350 g/mol. The van der Waals surface area contributed by atoms with Crippen molar-refractivity contribution >= 4 is 44.5 Å². The lowest BCUT2D eigenvalue weighted by Gasteiger charge is -2.10. The average Bonchev–Trinajstić information content (AvgIpc) is 2.92. The topological polar surface area (TPSA) is 78.5 Å². The summed E-state index contributed by atoms with van der Waals surface area (Å²) in [5.41, 5.74) is 1.77. The van der Waals surface area contributed by atoms with E-state index in [0.29, 0.717) is 35.2 Å². The molecule has 0 amide bonds. The number of hydrogen-bond acceptors (Lipinski definition) is 5. The maximum atomic E-state index is 13.4. The van der Waals surface area contributed by atoms with Crippen molar-refractivity contribution in [1.82, 2.24) is 19.9 Å². The maximum Gasteiger partial charge on any atom is 0.226 e. The Kier molecular flexibility index (Phi) is 3.70. The fourth-order valence-corrected chi connectivity index (χ4v) is 2.23. The van der Waals surface area contributed by atoms with Gasteiger partial charge in [-0.25, -0.2) is 9.37 Å². The van der Waals surface area contributed by atoms with Crippen molar-refractivity contribution in [3.63, 3.8) is 0 Å². The van der Waals surface area contributed by atoms with Gasteiger partial charge in [-0.2, -0.15) is 9.97 Å². The highest BCUT2D eigenvalue weighted by atomic mass is 79.9. The Balaban J connectivity index is 2.06. The highest BCUT2D eigenvalue weighted by molar-refractivity contribution is 9.10. The predicted molar refractivity (Wildman–Crippen MR) is 83.2 cm³/mol. The number of aromatic amines is 1. The van der Waals surface area contributed by atoms with E-state index < -0.39 is 0 Å². The number of nitrogens with zero attached hydrogens (tertiary/aromatic N) is 3. The summed E-state index contributed by atoms with van der Waals surface area (Å²) in [5.74, 6) is 0.661. The van der Waals surface area contributed by atoms with Gasteiger partial charge in [-0.1, -0.05) is 0 Å². The van der Waals surface area contributed by atoms with Gasteiger partial charge in [0.25, 0.3) is 0 Å². The number of anilines is 3. The number of H-pyrrole nitrogens is 1. The molecule has 0 aliphatic rings. The zero-order valence-corrected chi connectivity index (χ0v) is 12.7. The predicted octanol–water partition coefficient (Wildman–Crippen LogP) is 3.43. The molecule has 0 atom stereocenters. The van der Waals surface area contributed by atoms with Crippen LogP contribution in [0.4, 0.5) is 21.8 Å². The Labute approximate surface area is 128 Å². The van der Waals surface area contributed by atoms with E-state index in [-0.39, 0.29) is 5.82 Å². The molecule has 0 aliphatic heterocycles. The Hall–Kier alpha value is -2.22. The van der Waals surface area contributed by atoms with E-state index in [9.17, 15) is 4.39 Å². The van der Waals surface area contributed by atoms with Crippen molar-refractivity contribution in [2.24, 2.45) is 0 Å². The molecule has 0 aliphatic carbocycles. The Morgan fingerprint density at radius 2 is 2.19 bits per heavy atom. The SMILES string of the molecule is CCNc1nc(Nc2cc(F)ccc2Br)c2[nH]cnc2n1. The van der Waals surface area contributed by atoms with Gasteiger partial charge < -0.3 is 15.6 Å². The quantitative estimate of drug-likeness (QED) is 0.671. The van der Waals surface area contributed by atoms with Gasteiger partial charge in [-0.15, -0.1) is 0 Å². The lowest BCUT2D eigenvalue weighted by atomic mass is 10.3. The van der Waals surface area contributed by atoms with E-state index in [2.05, 4.69) is 46.5 Å². The first-order valence-corrected chi connectivity index (χ1v) is 7.13. The molecular weight excluding hydrogens is 339 g/mol. The Morgan fingerprint density at radius 3 is 3.00 bits per heavy atom. The fourth-order valence-electron chi connectivity index (χ4n) is 1.88. The normalized spacial score (nSPS) is 10.8. The molecule has 108 valence electrons. The third-order valence-electron chi connectivity index (χ3n) is 2.80. The molecule has 2 heterocycles. The Bertz CT molecular complexity index is 787. The number of benzene rings is 1. The lowest BCUT2D eigenvalue weighted by molar-refractivity contribution is 0.628. The van der Waals surface area contributed by atoms with Crippen molar-refractivity contribution in [1.29, 1.82) is 0 Å². The summed E-state index contributed by atoms with van der Waals surface area (Å²) < 4.78 is 14.1. The van der Waals surface area contributed by atoms with E-state index in [0.717, 1.165) is 4.47 Å². The fraction of sp³-hybridized carbons (Fsp3) is 0.154.